The van der Waals surface area contributed by atoms with Crippen molar-refractivity contribution < 1.29 is 24.2 Å². The normalized spacial score (nSPS) is 16.4. The number of aliphatic carboxylic acids is 1. The van der Waals surface area contributed by atoms with Crippen LogP contribution in [-0.4, -0.2) is 81.1 Å². The number of methoxy groups -OCH3 is 2. The molecule has 0 bridgehead atoms. The topological polar surface area (TPSA) is 143 Å². The second-order valence-corrected chi connectivity index (χ2v) is 13.2. The number of rotatable bonds is 12. The summed E-state index contributed by atoms with van der Waals surface area (Å²) >= 11 is 14.2. The first-order valence-electron chi connectivity index (χ1n) is 16.2. The van der Waals surface area contributed by atoms with Gasteiger partial charge < -0.3 is 29.6 Å². The zero-order chi connectivity index (χ0) is 34.9. The number of amides is 1. The number of nitrogens with zero attached hydrogens (tertiary/aromatic N) is 5. The number of hydrogen-bond acceptors (Lipinski definition) is 9. The Bertz CT molecular complexity index is 2100. The van der Waals surface area contributed by atoms with Crippen LogP contribution in [0, 0.1) is 5.92 Å². The van der Waals surface area contributed by atoms with Crippen molar-refractivity contribution in [1.82, 2.24) is 34.9 Å². The number of halogens is 2. The van der Waals surface area contributed by atoms with Gasteiger partial charge >= 0.3 is 5.97 Å². The number of imidazole rings is 1. The summed E-state index contributed by atoms with van der Waals surface area (Å²) in [6.45, 7) is 2.73. The van der Waals surface area contributed by atoms with Gasteiger partial charge in [0.15, 0.2) is 11.4 Å². The summed E-state index contributed by atoms with van der Waals surface area (Å²) < 4.78 is 13.2. The fourth-order valence-corrected chi connectivity index (χ4v) is 7.14. The minimum atomic E-state index is -0.772. The average molecular weight is 717 g/mol. The van der Waals surface area contributed by atoms with Gasteiger partial charge in [0.1, 0.15) is 0 Å². The largest absolute Gasteiger partial charge is 0.493 e. The molecule has 258 valence electrons. The van der Waals surface area contributed by atoms with E-state index in [1.165, 1.54) is 0 Å². The fraction of sp³-hybridized carbons (Fsp3) is 0.306. The highest BCUT2D eigenvalue weighted by Gasteiger charge is 2.32. The van der Waals surface area contributed by atoms with Crippen molar-refractivity contribution in [1.29, 1.82) is 0 Å². The number of pyridine rings is 3. The molecule has 6 heterocycles. The predicted molar refractivity (Wildman–Crippen MR) is 189 cm³/mol. The lowest BCUT2D eigenvalue weighted by Gasteiger charge is -2.35. The van der Waals surface area contributed by atoms with Gasteiger partial charge in [-0.3, -0.25) is 19.5 Å². The van der Waals surface area contributed by atoms with E-state index in [0.717, 1.165) is 34.4 Å². The molecule has 0 unspecified atom stereocenters. The molecule has 50 heavy (non-hydrogen) atoms. The number of likely N-dealkylation sites (tertiary alicyclic amines) is 1. The first kappa shape index (κ1) is 33.7. The second kappa shape index (κ2) is 14.2. The highest BCUT2D eigenvalue weighted by Crippen LogP contribution is 2.42. The van der Waals surface area contributed by atoms with E-state index in [-0.39, 0.29) is 17.9 Å². The zero-order valence-electron chi connectivity index (χ0n) is 27.5. The van der Waals surface area contributed by atoms with Crippen LogP contribution in [0.1, 0.15) is 24.1 Å². The van der Waals surface area contributed by atoms with Crippen molar-refractivity contribution in [3.63, 3.8) is 0 Å². The van der Waals surface area contributed by atoms with E-state index in [0.29, 0.717) is 83.4 Å². The molecular weight excluding hydrogens is 681 g/mol. The number of carbonyl (C=O) groups is 2. The zero-order valence-corrected chi connectivity index (χ0v) is 29.0. The van der Waals surface area contributed by atoms with Crippen molar-refractivity contribution in [3.05, 3.63) is 82.4 Å². The molecule has 7 rings (SSSR count). The van der Waals surface area contributed by atoms with Crippen LogP contribution in [0.4, 0.5) is 0 Å². The quantitative estimate of drug-likeness (QED) is 0.155. The summed E-state index contributed by atoms with van der Waals surface area (Å²) in [6.07, 6.45) is 6.89. The maximum Gasteiger partial charge on any atom is 0.309 e. The van der Waals surface area contributed by atoms with Crippen molar-refractivity contribution in [2.75, 3.05) is 33.9 Å². The van der Waals surface area contributed by atoms with E-state index in [4.69, 9.17) is 42.6 Å². The monoisotopic (exact) mass is 715 g/mol. The Morgan fingerprint density at radius 3 is 2.58 bits per heavy atom. The van der Waals surface area contributed by atoms with E-state index in [2.05, 4.69) is 15.6 Å². The molecule has 2 aliphatic rings. The number of aromatic nitrogens is 4. The minimum Gasteiger partial charge on any atom is -0.493 e. The predicted octanol–water partition coefficient (Wildman–Crippen LogP) is 5.33. The molecule has 0 radical (unpaired) electrons. The van der Waals surface area contributed by atoms with E-state index < -0.39 is 5.97 Å². The summed E-state index contributed by atoms with van der Waals surface area (Å²) in [7, 11) is 3.17. The third-order valence-electron chi connectivity index (χ3n) is 9.13. The molecule has 5 aromatic rings. The van der Waals surface area contributed by atoms with Gasteiger partial charge in [0.25, 0.3) is 0 Å². The standard InChI is InChI=1S/C36H35Cl2N7O5/c1-49-29-12-21(17-45-19-24(42-34(29)45)18-44-15-22(16-44)36(47)48)33-32(38)26(10-11-40-33)25-4-3-5-27(31(25)37)28-8-6-20(35(43-28)50-2)13-39-14-23-7-9-30(46)41-23/h3-6,8,10-12,17,19,22-23,39H,7,9,13-16,18H2,1-2H3,(H,41,46)(H,47,48)/t23-/m0/s1. The lowest BCUT2D eigenvalue weighted by Crippen LogP contribution is -2.49. The van der Waals surface area contributed by atoms with Gasteiger partial charge in [-0.1, -0.05) is 47.5 Å². The number of carboxylic acids is 1. The number of carboxylic acid groups (broad SMARTS) is 1. The summed E-state index contributed by atoms with van der Waals surface area (Å²) in [5, 5.41) is 16.5. The lowest BCUT2D eigenvalue weighted by atomic mass is 10.00. The van der Waals surface area contributed by atoms with E-state index >= 15 is 0 Å². The number of ether oxygens (including phenoxy) is 2. The van der Waals surface area contributed by atoms with Crippen molar-refractivity contribution in [3.8, 4) is 45.3 Å². The van der Waals surface area contributed by atoms with Gasteiger partial charge in [-0.05, 0) is 24.6 Å². The van der Waals surface area contributed by atoms with Crippen LogP contribution < -0.4 is 20.1 Å². The van der Waals surface area contributed by atoms with Gasteiger partial charge in [0, 0.05) is 91.6 Å². The Labute approximate surface area is 298 Å². The molecule has 2 aliphatic heterocycles. The smallest absolute Gasteiger partial charge is 0.309 e. The van der Waals surface area contributed by atoms with Crippen LogP contribution in [0.25, 0.3) is 39.3 Å². The van der Waals surface area contributed by atoms with Crippen LogP contribution in [0.3, 0.4) is 0 Å². The number of hydrogen-bond donors (Lipinski definition) is 3. The molecule has 2 saturated heterocycles. The summed E-state index contributed by atoms with van der Waals surface area (Å²) in [5.74, 6) is 0.0123. The molecule has 4 aromatic heterocycles. The molecular formula is C36H35Cl2N7O5. The Balaban J connectivity index is 1.15. The van der Waals surface area contributed by atoms with Crippen molar-refractivity contribution >= 4 is 40.7 Å². The molecule has 1 aromatic carbocycles. The number of benzene rings is 1. The highest BCUT2D eigenvalue weighted by atomic mass is 35.5. The Morgan fingerprint density at radius 1 is 1.04 bits per heavy atom. The van der Waals surface area contributed by atoms with E-state index in [1.807, 2.05) is 64.2 Å². The molecule has 0 aliphatic carbocycles. The number of carbonyl (C=O) groups excluding carboxylic acids is 1. The van der Waals surface area contributed by atoms with E-state index in [1.54, 1.807) is 20.4 Å². The first-order chi connectivity index (χ1) is 24.2. The highest BCUT2D eigenvalue weighted by molar-refractivity contribution is 6.39. The summed E-state index contributed by atoms with van der Waals surface area (Å²) in [4.78, 5) is 38.9. The van der Waals surface area contributed by atoms with Crippen molar-refractivity contribution in [2.24, 2.45) is 5.92 Å². The van der Waals surface area contributed by atoms with Gasteiger partial charge in [0.05, 0.1) is 47.3 Å². The van der Waals surface area contributed by atoms with Gasteiger partial charge in [-0.25, -0.2) is 9.97 Å². The number of fused-ring (bicyclic) bond motifs is 1. The van der Waals surface area contributed by atoms with Crippen LogP contribution in [0.5, 0.6) is 11.6 Å². The Morgan fingerprint density at radius 2 is 1.84 bits per heavy atom. The minimum absolute atomic E-state index is 0.0902. The van der Waals surface area contributed by atoms with E-state index in [9.17, 15) is 14.7 Å². The average Bonchev–Trinajstić information content (AvgIpc) is 3.71. The molecule has 12 nitrogen and oxygen atoms in total. The van der Waals surface area contributed by atoms with Gasteiger partial charge in [-0.2, -0.15) is 0 Å². The SMILES string of the molecule is COc1nc(-c2cccc(-c3ccnc(-c4cc(OC)c5nc(CN6CC(C(=O)O)C6)cn5c4)c3Cl)c2Cl)ccc1CNC[C@@H]1CCC(=O)N1. The molecule has 0 spiro atoms. The van der Waals surface area contributed by atoms with Crippen molar-refractivity contribution in [2.45, 2.75) is 32.0 Å². The molecule has 0 saturated carbocycles. The fourth-order valence-electron chi connectivity index (χ4n) is 6.49. The van der Waals surface area contributed by atoms with Gasteiger partial charge in [-0.15, -0.1) is 0 Å². The molecule has 1 atom stereocenters. The van der Waals surface area contributed by atoms with Crippen LogP contribution in [0.2, 0.25) is 10.0 Å². The van der Waals surface area contributed by atoms with Crippen LogP contribution in [0.15, 0.2) is 61.1 Å². The molecule has 2 fully saturated rings. The van der Waals surface area contributed by atoms with Gasteiger partial charge in [0.2, 0.25) is 11.8 Å². The molecule has 14 heteroatoms. The Kier molecular flexibility index (Phi) is 9.60. The molecule has 3 N–H and O–H groups in total. The summed E-state index contributed by atoms with van der Waals surface area (Å²) in [6, 6.07) is 13.4. The third kappa shape index (κ3) is 6.71. The number of nitrogens with one attached hydrogen (secondary N) is 2. The third-order valence-corrected chi connectivity index (χ3v) is 9.92. The van der Waals surface area contributed by atoms with Crippen LogP contribution >= 0.6 is 23.2 Å². The van der Waals surface area contributed by atoms with Crippen LogP contribution in [-0.2, 0) is 22.7 Å². The lowest BCUT2D eigenvalue weighted by molar-refractivity contribution is -0.147. The summed E-state index contributed by atoms with van der Waals surface area (Å²) in [5.41, 5.74) is 6.37. The Hall–Kier alpha value is -4.75. The molecule has 1 amide bonds. The maximum atomic E-state index is 11.5. The maximum absolute atomic E-state index is 11.5. The second-order valence-electron chi connectivity index (χ2n) is 12.5. The first-order valence-corrected chi connectivity index (χ1v) is 17.0.